The Labute approximate surface area is 189 Å². The third-order valence-electron chi connectivity index (χ3n) is 5.74. The van der Waals surface area contributed by atoms with E-state index in [0.717, 1.165) is 16.5 Å². The lowest BCUT2D eigenvalue weighted by molar-refractivity contribution is -0.138. The van der Waals surface area contributed by atoms with Crippen molar-refractivity contribution in [2.45, 2.75) is 46.2 Å². The molecule has 3 N–H and O–H groups in total. The van der Waals surface area contributed by atoms with Crippen molar-refractivity contribution >= 4 is 28.6 Å². The van der Waals surface area contributed by atoms with E-state index in [0.29, 0.717) is 39.1 Å². The lowest BCUT2D eigenvalue weighted by Gasteiger charge is -2.36. The molecule has 0 saturated carbocycles. The highest BCUT2D eigenvalue weighted by Gasteiger charge is 2.30. The van der Waals surface area contributed by atoms with Crippen LogP contribution in [0.1, 0.15) is 33.3 Å². The van der Waals surface area contributed by atoms with Crippen LogP contribution in [0, 0.1) is 5.92 Å². The Bertz CT molecular complexity index is 944. The summed E-state index contributed by atoms with van der Waals surface area (Å²) in [5.74, 6) is -0.409. The normalized spacial score (nSPS) is 15.9. The number of nitrogens with one attached hydrogen (secondary N) is 3. The van der Waals surface area contributed by atoms with Crippen molar-refractivity contribution in [3.05, 3.63) is 36.0 Å². The van der Waals surface area contributed by atoms with Gasteiger partial charge in [-0.3, -0.25) is 19.3 Å². The number of aromatic amines is 1. The number of H-pyrrole nitrogens is 1. The Hall–Kier alpha value is -2.87. The van der Waals surface area contributed by atoms with Crippen LogP contribution in [0.15, 0.2) is 30.5 Å². The van der Waals surface area contributed by atoms with E-state index in [2.05, 4.69) is 20.5 Å². The molecular weight excluding hydrogens is 406 g/mol. The molecule has 0 radical (unpaired) electrons. The summed E-state index contributed by atoms with van der Waals surface area (Å²) in [6.45, 7) is 10.2. The number of fused-ring (bicyclic) bond motifs is 1. The maximum atomic E-state index is 13.4. The molecule has 1 aromatic heterocycles. The second-order valence-corrected chi connectivity index (χ2v) is 9.10. The van der Waals surface area contributed by atoms with E-state index in [4.69, 9.17) is 0 Å². The fourth-order valence-electron chi connectivity index (χ4n) is 3.98. The summed E-state index contributed by atoms with van der Waals surface area (Å²) in [5, 5.41) is 6.92. The zero-order chi connectivity index (χ0) is 23.3. The lowest BCUT2D eigenvalue weighted by Crippen LogP contribution is -2.57. The van der Waals surface area contributed by atoms with Crippen LogP contribution in [-0.4, -0.2) is 77.3 Å². The molecule has 0 bridgehead atoms. The van der Waals surface area contributed by atoms with Crippen molar-refractivity contribution in [1.82, 2.24) is 25.4 Å². The Morgan fingerprint density at radius 1 is 1.00 bits per heavy atom. The van der Waals surface area contributed by atoms with Gasteiger partial charge in [0.2, 0.25) is 17.7 Å². The number of hydrogen-bond donors (Lipinski definition) is 3. The number of amides is 3. The summed E-state index contributed by atoms with van der Waals surface area (Å²) in [5.41, 5.74) is 2.02. The Kier molecular flexibility index (Phi) is 7.90. The highest BCUT2D eigenvalue weighted by molar-refractivity contribution is 5.90. The Morgan fingerprint density at radius 2 is 1.69 bits per heavy atom. The summed E-state index contributed by atoms with van der Waals surface area (Å²) in [6.07, 6.45) is 2.34. The number of benzene rings is 1. The van der Waals surface area contributed by atoms with Gasteiger partial charge in [0, 0.05) is 61.7 Å². The number of para-hydroxylation sites is 1. The number of aromatic nitrogens is 1. The van der Waals surface area contributed by atoms with E-state index < -0.39 is 6.04 Å². The van der Waals surface area contributed by atoms with Gasteiger partial charge in [-0.1, -0.05) is 32.0 Å². The molecule has 1 fully saturated rings. The van der Waals surface area contributed by atoms with Crippen molar-refractivity contribution < 1.29 is 14.4 Å². The Morgan fingerprint density at radius 3 is 2.34 bits per heavy atom. The van der Waals surface area contributed by atoms with E-state index in [1.807, 2.05) is 58.2 Å². The average Bonchev–Trinajstić information content (AvgIpc) is 3.15. The van der Waals surface area contributed by atoms with Crippen LogP contribution >= 0.6 is 0 Å². The topological polar surface area (TPSA) is 97.5 Å². The molecule has 1 aromatic carbocycles. The molecule has 2 aromatic rings. The molecule has 3 rings (SSSR count). The summed E-state index contributed by atoms with van der Waals surface area (Å²) < 4.78 is 0. The summed E-state index contributed by atoms with van der Waals surface area (Å²) in [4.78, 5) is 45.0. The van der Waals surface area contributed by atoms with Crippen molar-refractivity contribution in [3.8, 4) is 0 Å². The minimum Gasteiger partial charge on any atom is -0.361 e. The zero-order valence-corrected chi connectivity index (χ0v) is 19.5. The van der Waals surface area contributed by atoms with E-state index in [1.54, 1.807) is 4.90 Å². The van der Waals surface area contributed by atoms with Gasteiger partial charge < -0.3 is 20.5 Å². The lowest BCUT2D eigenvalue weighted by atomic mass is 10.0. The first kappa shape index (κ1) is 23.8. The van der Waals surface area contributed by atoms with Crippen LogP contribution in [0.5, 0.6) is 0 Å². The van der Waals surface area contributed by atoms with Gasteiger partial charge in [-0.25, -0.2) is 0 Å². The van der Waals surface area contributed by atoms with E-state index in [9.17, 15) is 14.4 Å². The number of nitrogens with zero attached hydrogens (tertiary/aromatic N) is 2. The van der Waals surface area contributed by atoms with Crippen LogP contribution in [0.2, 0.25) is 0 Å². The van der Waals surface area contributed by atoms with Gasteiger partial charge in [0.05, 0.1) is 6.54 Å². The third kappa shape index (κ3) is 6.09. The Balaban J connectivity index is 1.66. The quantitative estimate of drug-likeness (QED) is 0.579. The average molecular weight is 442 g/mol. The summed E-state index contributed by atoms with van der Waals surface area (Å²) >= 11 is 0. The molecule has 1 aliphatic heterocycles. The van der Waals surface area contributed by atoms with E-state index in [-0.39, 0.29) is 29.7 Å². The van der Waals surface area contributed by atoms with E-state index >= 15 is 0 Å². The van der Waals surface area contributed by atoms with Crippen LogP contribution in [0.3, 0.4) is 0 Å². The predicted octanol–water partition coefficient (Wildman–Crippen LogP) is 1.52. The van der Waals surface area contributed by atoms with E-state index in [1.165, 1.54) is 0 Å². The molecule has 174 valence electrons. The van der Waals surface area contributed by atoms with Crippen molar-refractivity contribution in [2.75, 3.05) is 32.7 Å². The van der Waals surface area contributed by atoms with Crippen molar-refractivity contribution in [1.29, 1.82) is 0 Å². The molecular formula is C24H35N5O3. The summed E-state index contributed by atoms with van der Waals surface area (Å²) in [7, 11) is 0. The first-order valence-corrected chi connectivity index (χ1v) is 11.4. The van der Waals surface area contributed by atoms with Crippen molar-refractivity contribution in [2.24, 2.45) is 5.92 Å². The minimum absolute atomic E-state index is 0.00110. The largest absolute Gasteiger partial charge is 0.361 e. The molecule has 8 heteroatoms. The van der Waals surface area contributed by atoms with Crippen molar-refractivity contribution in [3.63, 3.8) is 0 Å². The molecule has 8 nitrogen and oxygen atoms in total. The number of hydrogen-bond acceptors (Lipinski definition) is 4. The van der Waals surface area contributed by atoms with Gasteiger partial charge >= 0.3 is 0 Å². The van der Waals surface area contributed by atoms with Crippen LogP contribution < -0.4 is 10.6 Å². The standard InChI is InChI=1S/C24H35N5O3/c1-16(2)23(31)27-21(13-18-14-25-20-8-6-5-7-19(18)20)24(32)29-11-9-28(10-12-29)15-22(30)26-17(3)4/h5-8,14,16-17,21,25H,9-13,15H2,1-4H3,(H,26,30)(H,27,31). The number of piperazine rings is 1. The fraction of sp³-hybridized carbons (Fsp3) is 0.542. The number of carbonyl (C=O) groups is 3. The monoisotopic (exact) mass is 441 g/mol. The molecule has 0 spiro atoms. The van der Waals surface area contributed by atoms with Gasteiger partial charge in [-0.2, -0.15) is 0 Å². The molecule has 2 heterocycles. The van der Waals surface area contributed by atoms with Gasteiger partial charge in [-0.15, -0.1) is 0 Å². The molecule has 1 atom stereocenters. The number of carbonyl (C=O) groups excluding carboxylic acids is 3. The first-order valence-electron chi connectivity index (χ1n) is 11.4. The second kappa shape index (κ2) is 10.6. The van der Waals surface area contributed by atoms with Gasteiger partial charge in [0.25, 0.3) is 0 Å². The first-order chi connectivity index (χ1) is 15.2. The second-order valence-electron chi connectivity index (χ2n) is 9.10. The zero-order valence-electron chi connectivity index (χ0n) is 19.5. The molecule has 1 aliphatic rings. The van der Waals surface area contributed by atoms with Crippen LogP contribution in [0.25, 0.3) is 10.9 Å². The maximum Gasteiger partial charge on any atom is 0.245 e. The maximum absolute atomic E-state index is 13.4. The van der Waals surface area contributed by atoms with Crippen LogP contribution in [0.4, 0.5) is 0 Å². The van der Waals surface area contributed by atoms with Gasteiger partial charge in [0.1, 0.15) is 6.04 Å². The third-order valence-corrected chi connectivity index (χ3v) is 5.74. The molecule has 1 saturated heterocycles. The molecule has 1 unspecified atom stereocenters. The summed E-state index contributed by atoms with van der Waals surface area (Å²) in [6, 6.07) is 7.44. The predicted molar refractivity (Wildman–Crippen MR) is 125 cm³/mol. The molecule has 3 amide bonds. The fourth-order valence-corrected chi connectivity index (χ4v) is 3.98. The molecule has 0 aliphatic carbocycles. The highest BCUT2D eigenvalue weighted by Crippen LogP contribution is 2.20. The smallest absolute Gasteiger partial charge is 0.245 e. The van der Waals surface area contributed by atoms with Gasteiger partial charge in [-0.05, 0) is 25.5 Å². The SMILES string of the molecule is CC(C)NC(=O)CN1CCN(C(=O)C(Cc2c[nH]c3ccccc23)NC(=O)C(C)C)CC1. The minimum atomic E-state index is -0.625. The molecule has 32 heavy (non-hydrogen) atoms. The highest BCUT2D eigenvalue weighted by atomic mass is 16.2. The van der Waals surface area contributed by atoms with Gasteiger partial charge in [0.15, 0.2) is 0 Å². The van der Waals surface area contributed by atoms with Crippen LogP contribution in [-0.2, 0) is 20.8 Å². The number of rotatable bonds is 8.